The van der Waals surface area contributed by atoms with Crippen molar-refractivity contribution in [2.24, 2.45) is 11.8 Å². The summed E-state index contributed by atoms with van der Waals surface area (Å²) in [5.41, 5.74) is 15.3. The van der Waals surface area contributed by atoms with Crippen LogP contribution in [-0.2, 0) is 5.41 Å². The molecule has 3 nitrogen and oxygen atoms in total. The zero-order valence-electron chi connectivity index (χ0n) is 35.1. The van der Waals surface area contributed by atoms with Gasteiger partial charge in [0.05, 0.1) is 5.69 Å². The first-order chi connectivity index (χ1) is 31.7. The Morgan fingerprint density at radius 2 is 0.906 bits per heavy atom. The Balaban J connectivity index is 0.912. The molecule has 13 rings (SSSR count). The molecule has 64 heavy (non-hydrogen) atoms. The third-order valence-electron chi connectivity index (χ3n) is 14.3. The molecule has 0 aromatic heterocycles. The molecule has 1 heterocycles. The van der Waals surface area contributed by atoms with E-state index in [1.54, 1.807) is 0 Å². The fourth-order valence-corrected chi connectivity index (χ4v) is 11.6. The first kappa shape index (κ1) is 36.7. The second-order valence-corrected chi connectivity index (χ2v) is 17.5. The Kier molecular flexibility index (Phi) is 8.39. The van der Waals surface area contributed by atoms with E-state index in [-0.39, 0.29) is 29.1 Å². The maximum absolute atomic E-state index is 7.36. The van der Waals surface area contributed by atoms with Gasteiger partial charge in [0, 0.05) is 40.5 Å². The van der Waals surface area contributed by atoms with E-state index < -0.39 is 0 Å². The van der Waals surface area contributed by atoms with Crippen molar-refractivity contribution in [1.82, 2.24) is 0 Å². The van der Waals surface area contributed by atoms with Gasteiger partial charge >= 0.3 is 0 Å². The smallest absolute Gasteiger partial charge is 0.194 e. The van der Waals surface area contributed by atoms with E-state index in [2.05, 4.69) is 242 Å². The lowest BCUT2D eigenvalue weighted by Gasteiger charge is -2.44. The molecule has 0 N–H and O–H groups in total. The van der Waals surface area contributed by atoms with Crippen LogP contribution in [0.1, 0.15) is 34.1 Å². The summed E-state index contributed by atoms with van der Waals surface area (Å²) in [7, 11) is 0. The highest BCUT2D eigenvalue weighted by atomic mass is 16.6. The molecule has 1 aliphatic heterocycles. The molecule has 0 saturated carbocycles. The molecule has 5 aliphatic rings. The molecule has 5 atom stereocenters. The van der Waals surface area contributed by atoms with Crippen molar-refractivity contribution in [2.45, 2.75) is 17.3 Å². The lowest BCUT2D eigenvalue weighted by Crippen LogP contribution is -2.42. The second kappa shape index (κ2) is 14.6. The van der Waals surface area contributed by atoms with Crippen LogP contribution >= 0.6 is 0 Å². The van der Waals surface area contributed by atoms with E-state index in [1.165, 1.54) is 44.5 Å². The molecule has 5 unspecified atom stereocenters. The first-order valence-corrected chi connectivity index (χ1v) is 22.4. The van der Waals surface area contributed by atoms with Gasteiger partial charge in [-0.3, -0.25) is 0 Å². The van der Waals surface area contributed by atoms with Gasteiger partial charge in [0.15, 0.2) is 23.0 Å². The van der Waals surface area contributed by atoms with Crippen molar-refractivity contribution in [3.8, 4) is 44.9 Å². The van der Waals surface area contributed by atoms with Crippen LogP contribution in [0.15, 0.2) is 248 Å². The molecule has 4 aliphatic carbocycles. The molecule has 0 radical (unpaired) electrons. The van der Waals surface area contributed by atoms with Crippen LogP contribution in [0.2, 0.25) is 0 Å². The summed E-state index contributed by atoms with van der Waals surface area (Å²) in [6, 6.07) is 72.1. The zero-order chi connectivity index (χ0) is 42.2. The van der Waals surface area contributed by atoms with Crippen LogP contribution in [0.4, 0.5) is 17.1 Å². The van der Waals surface area contributed by atoms with Gasteiger partial charge in [-0.25, -0.2) is 0 Å². The Bertz CT molecular complexity index is 3200. The molecule has 8 aromatic rings. The minimum Gasteiger partial charge on any atom is -0.453 e. The molecule has 0 saturated heterocycles. The summed E-state index contributed by atoms with van der Waals surface area (Å²) in [5.74, 6) is 3.78. The highest BCUT2D eigenvalue weighted by Gasteiger charge is 2.64. The van der Waals surface area contributed by atoms with Crippen LogP contribution in [0.3, 0.4) is 0 Å². The van der Waals surface area contributed by atoms with E-state index in [1.807, 2.05) is 0 Å². The maximum Gasteiger partial charge on any atom is 0.194 e. The van der Waals surface area contributed by atoms with Crippen LogP contribution < -0.4 is 14.4 Å². The van der Waals surface area contributed by atoms with Crippen molar-refractivity contribution >= 4 is 17.1 Å². The van der Waals surface area contributed by atoms with Crippen LogP contribution in [0.5, 0.6) is 11.5 Å². The third-order valence-corrected chi connectivity index (χ3v) is 14.3. The van der Waals surface area contributed by atoms with E-state index in [9.17, 15) is 0 Å². The topological polar surface area (TPSA) is 21.7 Å². The Hall–Kier alpha value is -7.88. The monoisotopic (exact) mass is 821 g/mol. The average molecular weight is 822 g/mol. The fourth-order valence-electron chi connectivity index (χ4n) is 11.6. The fraction of sp³-hybridized carbons (Fsp3) is 0.0820. The minimum atomic E-state index is -0.330. The number of fused-ring (bicyclic) bond motifs is 12. The van der Waals surface area contributed by atoms with Gasteiger partial charge in [0.2, 0.25) is 0 Å². The molecule has 0 bridgehead atoms. The van der Waals surface area contributed by atoms with Gasteiger partial charge in [-0.1, -0.05) is 194 Å². The van der Waals surface area contributed by atoms with Crippen molar-refractivity contribution in [3.63, 3.8) is 0 Å². The summed E-state index contributed by atoms with van der Waals surface area (Å²) in [6.45, 7) is 0. The summed E-state index contributed by atoms with van der Waals surface area (Å²) in [5, 5.41) is 0. The summed E-state index contributed by atoms with van der Waals surface area (Å²) in [4.78, 5) is 2.30. The van der Waals surface area contributed by atoms with E-state index >= 15 is 0 Å². The second-order valence-electron chi connectivity index (χ2n) is 17.5. The minimum absolute atomic E-state index is 0.00458. The molecule has 3 heteroatoms. The predicted octanol–water partition coefficient (Wildman–Crippen LogP) is 15.2. The molecule has 304 valence electrons. The summed E-state index contributed by atoms with van der Waals surface area (Å²) < 4.78 is 14.6. The Morgan fingerprint density at radius 3 is 1.50 bits per heavy atom. The number of para-hydroxylation sites is 1. The number of hydrogen-bond acceptors (Lipinski definition) is 3. The zero-order valence-corrected chi connectivity index (χ0v) is 35.1. The Morgan fingerprint density at radius 1 is 0.406 bits per heavy atom. The highest BCUT2D eigenvalue weighted by molar-refractivity contribution is 5.85. The predicted molar refractivity (Wildman–Crippen MR) is 259 cm³/mol. The number of nitrogens with zero attached hydrogens (tertiary/aromatic N) is 1. The van der Waals surface area contributed by atoms with Crippen molar-refractivity contribution in [2.75, 3.05) is 4.90 Å². The molecular formula is C61H43NO2. The average Bonchev–Trinajstić information content (AvgIpc) is 3.85. The van der Waals surface area contributed by atoms with Crippen LogP contribution in [-0.4, -0.2) is 0 Å². The molecule has 0 amide bonds. The molecule has 1 spiro atoms. The van der Waals surface area contributed by atoms with E-state index in [0.29, 0.717) is 5.75 Å². The number of benzene rings is 8. The van der Waals surface area contributed by atoms with Gasteiger partial charge in [-0.15, -0.1) is 0 Å². The summed E-state index contributed by atoms with van der Waals surface area (Å²) in [6.07, 6.45) is 13.8. The quantitative estimate of drug-likeness (QED) is 0.167. The third kappa shape index (κ3) is 5.53. The maximum atomic E-state index is 7.36. The number of allylic oxidation sites excluding steroid dienone is 7. The molecule has 8 aromatic carbocycles. The highest BCUT2D eigenvalue weighted by Crippen LogP contribution is 2.69. The number of anilines is 3. The van der Waals surface area contributed by atoms with Crippen molar-refractivity contribution in [3.05, 3.63) is 270 Å². The normalized spacial score (nSPS) is 21.5. The van der Waals surface area contributed by atoms with Gasteiger partial charge in [0.25, 0.3) is 0 Å². The van der Waals surface area contributed by atoms with E-state index in [0.717, 1.165) is 45.5 Å². The lowest BCUT2D eigenvalue weighted by atomic mass is 9.60. The SMILES string of the molecule is C1=CC2c3ccccc3C3(c4ccccc4C4C=CC5=C(Oc6cccc(N(c7ccc(-c8ccccc8)cc7)c7ccc(-c8ccc(-c9ccccc9)cc8)cc7)c6O5)C43)C2C=C1. The van der Waals surface area contributed by atoms with Gasteiger partial charge in [-0.05, 0) is 98.1 Å². The van der Waals surface area contributed by atoms with Crippen LogP contribution in [0.25, 0.3) is 33.4 Å². The van der Waals surface area contributed by atoms with Crippen molar-refractivity contribution in [1.29, 1.82) is 0 Å². The summed E-state index contributed by atoms with van der Waals surface area (Å²) >= 11 is 0. The Labute approximate surface area is 374 Å². The molecular weight excluding hydrogens is 779 g/mol. The standard InChI is InChI=1S/C61H43NO2/c1-3-14-40(15-4-1)42-26-28-43(29-27-42)45-32-36-47(37-33-45)62(46-34-30-44(31-35-46)41-16-5-2-6-17-41)55-24-13-25-56-59(55)63-57-39-38-51-50-20-9-12-23-54(50)61(58(51)60(57)64-56)52-21-10-7-18-48(52)49-19-8-11-22-53(49)61/h1-39,48,51-52,58H. The lowest BCUT2D eigenvalue weighted by molar-refractivity contribution is 0.193. The molecule has 0 fully saturated rings. The number of rotatable bonds is 6. The number of hydrogen-bond donors (Lipinski definition) is 0. The largest absolute Gasteiger partial charge is 0.453 e. The van der Waals surface area contributed by atoms with Crippen molar-refractivity contribution < 1.29 is 9.47 Å². The van der Waals surface area contributed by atoms with Crippen LogP contribution in [0, 0.1) is 11.8 Å². The van der Waals surface area contributed by atoms with Gasteiger partial charge < -0.3 is 14.4 Å². The first-order valence-electron chi connectivity index (χ1n) is 22.4. The van der Waals surface area contributed by atoms with Gasteiger partial charge in [-0.2, -0.15) is 0 Å². The van der Waals surface area contributed by atoms with Gasteiger partial charge in [0.1, 0.15) is 0 Å². The van der Waals surface area contributed by atoms with E-state index in [4.69, 9.17) is 9.47 Å². The number of ether oxygens (including phenoxy) is 2.